The number of ether oxygens (including phenoxy) is 1. The summed E-state index contributed by atoms with van der Waals surface area (Å²) in [5.41, 5.74) is 9.56. The molecule has 2 aromatic rings. The van der Waals surface area contributed by atoms with Gasteiger partial charge in [-0.15, -0.1) is 0 Å². The highest BCUT2D eigenvalue weighted by Crippen LogP contribution is 2.44. The summed E-state index contributed by atoms with van der Waals surface area (Å²) in [6.07, 6.45) is 1.05. The highest BCUT2D eigenvalue weighted by molar-refractivity contribution is 5.94. The molecule has 0 bridgehead atoms. The third-order valence-corrected chi connectivity index (χ3v) is 4.02. The molecule has 3 rings (SSSR count). The van der Waals surface area contributed by atoms with Crippen LogP contribution in [0.2, 0.25) is 0 Å². The van der Waals surface area contributed by atoms with Crippen LogP contribution >= 0.6 is 0 Å². The van der Waals surface area contributed by atoms with Crippen molar-refractivity contribution in [3.05, 3.63) is 59.7 Å². The summed E-state index contributed by atoms with van der Waals surface area (Å²) >= 11 is 0. The summed E-state index contributed by atoms with van der Waals surface area (Å²) in [7, 11) is 1.64. The van der Waals surface area contributed by atoms with Gasteiger partial charge in [0.1, 0.15) is 5.75 Å². The monoisotopic (exact) mass is 295 g/mol. The number of guanidine groups is 1. The number of rotatable bonds is 4. The number of benzene rings is 2. The van der Waals surface area contributed by atoms with Crippen LogP contribution in [0.25, 0.3) is 0 Å². The van der Waals surface area contributed by atoms with Crippen molar-refractivity contribution in [3.63, 3.8) is 0 Å². The molecule has 3 N–H and O–H groups in total. The van der Waals surface area contributed by atoms with Crippen LogP contribution in [-0.4, -0.2) is 19.1 Å². The first kappa shape index (κ1) is 14.4. The standard InChI is InChI=1S/C18H21N3O/c1-12-7-3-4-8-13(12)14-11-16(14)21-18(19)20-15-9-5-6-10-17(15)22-2/h3-10,14,16H,11H2,1-2H3,(H3,19,20,21). The van der Waals surface area contributed by atoms with Gasteiger partial charge in [-0.25, -0.2) is 4.99 Å². The molecule has 0 radical (unpaired) electrons. The van der Waals surface area contributed by atoms with Crippen LogP contribution in [0.5, 0.6) is 5.75 Å². The molecule has 0 heterocycles. The molecule has 1 aliphatic carbocycles. The van der Waals surface area contributed by atoms with Crippen LogP contribution in [-0.2, 0) is 0 Å². The zero-order chi connectivity index (χ0) is 15.5. The van der Waals surface area contributed by atoms with Crippen molar-refractivity contribution >= 4 is 11.6 Å². The van der Waals surface area contributed by atoms with E-state index in [0.717, 1.165) is 17.9 Å². The Bertz CT molecular complexity index is 696. The number of nitrogens with zero attached hydrogens (tertiary/aromatic N) is 1. The Morgan fingerprint density at radius 3 is 2.68 bits per heavy atom. The number of nitrogens with one attached hydrogen (secondary N) is 1. The van der Waals surface area contributed by atoms with Gasteiger partial charge in [0.25, 0.3) is 0 Å². The van der Waals surface area contributed by atoms with Gasteiger partial charge in [0.15, 0.2) is 5.96 Å². The van der Waals surface area contributed by atoms with E-state index < -0.39 is 0 Å². The molecule has 0 amide bonds. The Balaban J connectivity index is 1.68. The summed E-state index contributed by atoms with van der Waals surface area (Å²) in [6, 6.07) is 16.4. The SMILES string of the molecule is COc1ccccc1NC(N)=NC1CC1c1ccccc1C. The second-order valence-electron chi connectivity index (χ2n) is 5.61. The Hall–Kier alpha value is -2.49. The smallest absolute Gasteiger partial charge is 0.193 e. The third kappa shape index (κ3) is 3.06. The first-order valence-electron chi connectivity index (χ1n) is 7.48. The normalized spacial score (nSPS) is 20.5. The van der Waals surface area contributed by atoms with E-state index >= 15 is 0 Å². The van der Waals surface area contributed by atoms with E-state index in [-0.39, 0.29) is 6.04 Å². The lowest BCUT2D eigenvalue weighted by Gasteiger charge is -2.10. The van der Waals surface area contributed by atoms with Crippen molar-refractivity contribution in [1.82, 2.24) is 0 Å². The van der Waals surface area contributed by atoms with Gasteiger partial charge in [0, 0.05) is 5.92 Å². The summed E-state index contributed by atoms with van der Waals surface area (Å²) in [6.45, 7) is 2.14. The number of aliphatic imine (C=N–C) groups is 1. The van der Waals surface area contributed by atoms with Gasteiger partial charge in [-0.05, 0) is 36.6 Å². The van der Waals surface area contributed by atoms with Crippen LogP contribution in [0.4, 0.5) is 5.69 Å². The molecule has 2 unspecified atom stereocenters. The van der Waals surface area contributed by atoms with Gasteiger partial charge in [0.05, 0.1) is 18.8 Å². The first-order chi connectivity index (χ1) is 10.7. The fourth-order valence-electron chi connectivity index (χ4n) is 2.76. The molecule has 2 atom stereocenters. The van der Waals surface area contributed by atoms with Crippen LogP contribution in [0.1, 0.15) is 23.5 Å². The predicted molar refractivity (Wildman–Crippen MR) is 90.6 cm³/mol. The largest absolute Gasteiger partial charge is 0.495 e. The van der Waals surface area contributed by atoms with Crippen molar-refractivity contribution in [3.8, 4) is 5.75 Å². The van der Waals surface area contributed by atoms with Crippen LogP contribution in [0.3, 0.4) is 0 Å². The highest BCUT2D eigenvalue weighted by Gasteiger charge is 2.39. The Morgan fingerprint density at radius 2 is 1.91 bits per heavy atom. The molecule has 0 saturated heterocycles. The van der Waals surface area contributed by atoms with E-state index in [0.29, 0.717) is 11.9 Å². The highest BCUT2D eigenvalue weighted by atomic mass is 16.5. The van der Waals surface area contributed by atoms with Crippen molar-refractivity contribution < 1.29 is 4.74 Å². The molecule has 2 aromatic carbocycles. The van der Waals surface area contributed by atoms with E-state index in [1.807, 2.05) is 24.3 Å². The lowest BCUT2D eigenvalue weighted by atomic mass is 10.0. The predicted octanol–water partition coefficient (Wildman–Crippen LogP) is 3.29. The maximum absolute atomic E-state index is 6.03. The lowest BCUT2D eigenvalue weighted by molar-refractivity contribution is 0.417. The molecule has 1 saturated carbocycles. The van der Waals surface area contributed by atoms with Gasteiger partial charge >= 0.3 is 0 Å². The van der Waals surface area contributed by atoms with Crippen LogP contribution in [0, 0.1) is 6.92 Å². The van der Waals surface area contributed by atoms with E-state index in [2.05, 4.69) is 41.5 Å². The molecule has 0 aromatic heterocycles. The van der Waals surface area contributed by atoms with Gasteiger partial charge in [-0.3, -0.25) is 0 Å². The fraction of sp³-hybridized carbons (Fsp3) is 0.278. The molecule has 1 aliphatic rings. The van der Waals surface area contributed by atoms with Gasteiger partial charge in [0.2, 0.25) is 0 Å². The van der Waals surface area contributed by atoms with Crippen molar-refractivity contribution in [2.24, 2.45) is 10.7 Å². The first-order valence-corrected chi connectivity index (χ1v) is 7.48. The average molecular weight is 295 g/mol. The number of methoxy groups -OCH3 is 1. The maximum Gasteiger partial charge on any atom is 0.193 e. The van der Waals surface area contributed by atoms with Crippen LogP contribution in [0.15, 0.2) is 53.5 Å². The molecule has 0 spiro atoms. The van der Waals surface area contributed by atoms with E-state index in [9.17, 15) is 0 Å². The van der Waals surface area contributed by atoms with E-state index in [4.69, 9.17) is 10.5 Å². The minimum absolute atomic E-state index is 0.267. The van der Waals surface area contributed by atoms with Crippen LogP contribution < -0.4 is 15.8 Å². The fourth-order valence-corrected chi connectivity index (χ4v) is 2.76. The van der Waals surface area contributed by atoms with Gasteiger partial charge in [-0.2, -0.15) is 0 Å². The number of hydrogen-bond donors (Lipinski definition) is 2. The second kappa shape index (κ2) is 6.10. The van der Waals surface area contributed by atoms with E-state index in [1.165, 1.54) is 11.1 Å². The number of nitrogens with two attached hydrogens (primary N) is 1. The molecular formula is C18H21N3O. The minimum atomic E-state index is 0.267. The summed E-state index contributed by atoms with van der Waals surface area (Å²) < 4.78 is 5.30. The molecular weight excluding hydrogens is 274 g/mol. The quantitative estimate of drug-likeness (QED) is 0.672. The molecule has 22 heavy (non-hydrogen) atoms. The number of hydrogen-bond acceptors (Lipinski definition) is 2. The Labute approximate surface area is 131 Å². The number of anilines is 1. The van der Waals surface area contributed by atoms with Crippen molar-refractivity contribution in [1.29, 1.82) is 0 Å². The van der Waals surface area contributed by atoms with E-state index in [1.54, 1.807) is 7.11 Å². The second-order valence-corrected chi connectivity index (χ2v) is 5.61. The van der Waals surface area contributed by atoms with Crippen molar-refractivity contribution in [2.45, 2.75) is 25.3 Å². The van der Waals surface area contributed by atoms with Gasteiger partial charge in [-0.1, -0.05) is 36.4 Å². The molecule has 1 fully saturated rings. The molecule has 4 nitrogen and oxygen atoms in total. The molecule has 0 aliphatic heterocycles. The zero-order valence-electron chi connectivity index (χ0n) is 12.9. The third-order valence-electron chi connectivity index (χ3n) is 4.02. The minimum Gasteiger partial charge on any atom is -0.495 e. The topological polar surface area (TPSA) is 59.6 Å². The van der Waals surface area contributed by atoms with Crippen molar-refractivity contribution in [2.75, 3.05) is 12.4 Å². The Morgan fingerprint density at radius 1 is 1.18 bits per heavy atom. The summed E-state index contributed by atoms with van der Waals surface area (Å²) in [4.78, 5) is 4.59. The zero-order valence-corrected chi connectivity index (χ0v) is 12.9. The number of para-hydroxylation sites is 2. The molecule has 114 valence electrons. The summed E-state index contributed by atoms with van der Waals surface area (Å²) in [5, 5.41) is 3.12. The average Bonchev–Trinajstić information content (AvgIpc) is 3.27. The maximum atomic E-state index is 6.03. The lowest BCUT2D eigenvalue weighted by Crippen LogP contribution is -2.23. The Kier molecular flexibility index (Phi) is 4.00. The molecule has 4 heteroatoms. The van der Waals surface area contributed by atoms with Gasteiger partial charge < -0.3 is 15.8 Å². The summed E-state index contributed by atoms with van der Waals surface area (Å²) in [5.74, 6) is 1.68. The number of aryl methyl sites for hydroxylation is 1.